The van der Waals surface area contributed by atoms with Crippen molar-refractivity contribution < 1.29 is 17.6 Å². The summed E-state index contributed by atoms with van der Waals surface area (Å²) >= 11 is 7.11. The summed E-state index contributed by atoms with van der Waals surface area (Å²) in [5, 5.41) is 7.51. The number of Topliss-reactive ketones (excluding diaryl/α,β-unsaturated/α-hetero) is 1. The van der Waals surface area contributed by atoms with Crippen LogP contribution >= 0.6 is 22.9 Å². The van der Waals surface area contributed by atoms with Gasteiger partial charge in [0.2, 0.25) is 10.0 Å². The molecule has 0 spiro atoms. The van der Waals surface area contributed by atoms with Gasteiger partial charge in [-0.25, -0.2) is 17.5 Å². The number of ketones is 1. The summed E-state index contributed by atoms with van der Waals surface area (Å²) in [5.41, 5.74) is 2.25. The van der Waals surface area contributed by atoms with Gasteiger partial charge in [0.25, 0.3) is 0 Å². The molecule has 0 aliphatic carbocycles. The zero-order valence-electron chi connectivity index (χ0n) is 15.2. The molecule has 3 rings (SSSR count). The van der Waals surface area contributed by atoms with Gasteiger partial charge in [0.1, 0.15) is 11.5 Å². The first kappa shape index (κ1) is 21.4. The minimum Gasteiger partial charge on any atom is -0.292 e. The molecule has 0 amide bonds. The van der Waals surface area contributed by atoms with E-state index in [-0.39, 0.29) is 40.3 Å². The maximum absolute atomic E-state index is 13.2. The summed E-state index contributed by atoms with van der Waals surface area (Å²) in [6, 6.07) is 6.15. The quantitative estimate of drug-likeness (QED) is 0.522. The van der Waals surface area contributed by atoms with E-state index in [0.717, 1.165) is 23.1 Å². The molecule has 2 aromatic heterocycles. The highest BCUT2D eigenvalue weighted by atomic mass is 35.5. The summed E-state index contributed by atoms with van der Waals surface area (Å²) in [6.45, 7) is 1.79. The van der Waals surface area contributed by atoms with Crippen molar-refractivity contribution in [2.75, 3.05) is 0 Å². The standard InChI is InChI=1S/C18H16ClFN4O3S2/c1-11(18-9-21-10-28-18)6-17(25)16-5-2-12(23-24-16)8-22-29(26,27)13-3-4-15(20)14(19)7-13/h2-5,7,9-11,22H,6,8H2,1H3/t11-/m0/s1. The lowest BCUT2D eigenvalue weighted by Crippen LogP contribution is -2.24. The molecule has 11 heteroatoms. The van der Waals surface area contributed by atoms with E-state index in [2.05, 4.69) is 19.9 Å². The van der Waals surface area contributed by atoms with Gasteiger partial charge in [-0.05, 0) is 36.2 Å². The molecule has 0 aliphatic rings. The Balaban J connectivity index is 1.61. The molecule has 29 heavy (non-hydrogen) atoms. The summed E-state index contributed by atoms with van der Waals surface area (Å²) in [5.74, 6) is -0.848. The monoisotopic (exact) mass is 454 g/mol. The van der Waals surface area contributed by atoms with Crippen molar-refractivity contribution in [3.8, 4) is 0 Å². The van der Waals surface area contributed by atoms with Gasteiger partial charge >= 0.3 is 0 Å². The fraction of sp³-hybridized carbons (Fsp3) is 0.222. The van der Waals surface area contributed by atoms with Gasteiger partial charge in [0, 0.05) is 17.5 Å². The molecule has 0 unspecified atom stereocenters. The zero-order valence-corrected chi connectivity index (χ0v) is 17.6. The Labute approximate surface area is 176 Å². The van der Waals surface area contributed by atoms with Gasteiger partial charge in [0.05, 0.1) is 27.7 Å². The van der Waals surface area contributed by atoms with Crippen LogP contribution in [0.5, 0.6) is 0 Å². The molecule has 0 saturated carbocycles. The first-order chi connectivity index (χ1) is 13.8. The Kier molecular flexibility index (Phi) is 6.68. The smallest absolute Gasteiger partial charge is 0.240 e. The molecule has 1 aromatic carbocycles. The third-order valence-electron chi connectivity index (χ3n) is 4.08. The molecule has 3 aromatic rings. The number of halogens is 2. The Morgan fingerprint density at radius 1 is 1.28 bits per heavy atom. The van der Waals surface area contributed by atoms with Crippen LogP contribution in [0, 0.1) is 5.82 Å². The lowest BCUT2D eigenvalue weighted by atomic mass is 10.0. The average Bonchev–Trinajstić information content (AvgIpc) is 3.24. The van der Waals surface area contributed by atoms with Crippen LogP contribution in [0.1, 0.15) is 40.3 Å². The highest BCUT2D eigenvalue weighted by Gasteiger charge is 2.18. The molecule has 1 N–H and O–H groups in total. The van der Waals surface area contributed by atoms with Gasteiger partial charge in [-0.2, -0.15) is 5.10 Å². The molecule has 0 radical (unpaired) electrons. The van der Waals surface area contributed by atoms with Crippen LogP contribution in [0.15, 0.2) is 46.9 Å². The second-order valence-electron chi connectivity index (χ2n) is 6.24. The summed E-state index contributed by atoms with van der Waals surface area (Å²) in [7, 11) is -3.91. The van der Waals surface area contributed by atoms with Gasteiger partial charge < -0.3 is 0 Å². The van der Waals surface area contributed by atoms with E-state index in [1.54, 1.807) is 11.7 Å². The first-order valence-corrected chi connectivity index (χ1v) is 11.2. The number of nitrogens with zero attached hydrogens (tertiary/aromatic N) is 3. The second-order valence-corrected chi connectivity index (χ2v) is 9.33. The average molecular weight is 455 g/mol. The van der Waals surface area contributed by atoms with Crippen LogP contribution in [0.4, 0.5) is 4.39 Å². The second kappa shape index (κ2) is 9.04. The lowest BCUT2D eigenvalue weighted by Gasteiger charge is -2.08. The van der Waals surface area contributed by atoms with Gasteiger partial charge in [-0.15, -0.1) is 16.4 Å². The minimum absolute atomic E-state index is 0.0193. The van der Waals surface area contributed by atoms with E-state index in [4.69, 9.17) is 11.6 Å². The predicted molar refractivity (Wildman–Crippen MR) is 107 cm³/mol. The predicted octanol–water partition coefficient (Wildman–Crippen LogP) is 3.58. The fourth-order valence-corrected chi connectivity index (χ4v) is 4.40. The Morgan fingerprint density at radius 2 is 2.07 bits per heavy atom. The van der Waals surface area contributed by atoms with E-state index in [0.29, 0.717) is 5.69 Å². The molecule has 0 aliphatic heterocycles. The van der Waals surface area contributed by atoms with E-state index in [9.17, 15) is 17.6 Å². The van der Waals surface area contributed by atoms with Crippen LogP contribution in [-0.4, -0.2) is 29.4 Å². The third-order valence-corrected chi connectivity index (χ3v) is 6.77. The van der Waals surface area contributed by atoms with Crippen molar-refractivity contribution in [2.24, 2.45) is 0 Å². The highest BCUT2D eigenvalue weighted by Crippen LogP contribution is 2.23. The van der Waals surface area contributed by atoms with Crippen LogP contribution in [0.3, 0.4) is 0 Å². The van der Waals surface area contributed by atoms with Gasteiger partial charge in [0.15, 0.2) is 5.78 Å². The molecule has 0 bridgehead atoms. The van der Waals surface area contributed by atoms with Crippen molar-refractivity contribution >= 4 is 38.7 Å². The minimum atomic E-state index is -3.91. The number of sulfonamides is 1. The maximum atomic E-state index is 13.2. The molecule has 7 nitrogen and oxygen atoms in total. The number of benzene rings is 1. The third kappa shape index (κ3) is 5.41. The summed E-state index contributed by atoms with van der Waals surface area (Å²) < 4.78 is 40.1. The Morgan fingerprint density at radius 3 is 2.69 bits per heavy atom. The molecular formula is C18H16ClFN4O3S2. The van der Waals surface area contributed by atoms with Gasteiger partial charge in [-0.3, -0.25) is 9.78 Å². The van der Waals surface area contributed by atoms with Crippen LogP contribution in [0.25, 0.3) is 0 Å². The number of hydrogen-bond donors (Lipinski definition) is 1. The van der Waals surface area contributed by atoms with Crippen LogP contribution < -0.4 is 4.72 Å². The lowest BCUT2D eigenvalue weighted by molar-refractivity contribution is 0.0970. The summed E-state index contributed by atoms with van der Waals surface area (Å²) in [4.78, 5) is 17.2. The van der Waals surface area contributed by atoms with Crippen molar-refractivity contribution in [1.29, 1.82) is 0 Å². The summed E-state index contributed by atoms with van der Waals surface area (Å²) in [6.07, 6.45) is 2.01. The van der Waals surface area contributed by atoms with Crippen molar-refractivity contribution in [3.05, 3.63) is 69.1 Å². The fourth-order valence-electron chi connectivity index (χ4n) is 2.45. The maximum Gasteiger partial charge on any atom is 0.240 e. The molecule has 1 atom stereocenters. The normalized spacial score (nSPS) is 12.7. The zero-order chi connectivity index (χ0) is 21.0. The van der Waals surface area contributed by atoms with E-state index < -0.39 is 15.8 Å². The SMILES string of the molecule is C[C@@H](CC(=O)c1ccc(CNS(=O)(=O)c2ccc(F)c(Cl)c2)nn1)c1cncs1. The molecule has 0 fully saturated rings. The number of nitrogens with one attached hydrogen (secondary N) is 1. The van der Waals surface area contributed by atoms with Crippen LogP contribution in [-0.2, 0) is 16.6 Å². The van der Waals surface area contributed by atoms with Gasteiger partial charge in [-0.1, -0.05) is 18.5 Å². The van der Waals surface area contributed by atoms with Crippen LogP contribution in [0.2, 0.25) is 5.02 Å². The number of hydrogen-bond acceptors (Lipinski definition) is 7. The largest absolute Gasteiger partial charge is 0.292 e. The van der Waals surface area contributed by atoms with Crippen molar-refractivity contribution in [3.63, 3.8) is 0 Å². The molecule has 2 heterocycles. The number of carbonyl (C=O) groups is 1. The number of aromatic nitrogens is 3. The Bertz CT molecular complexity index is 1110. The molecular weight excluding hydrogens is 439 g/mol. The Hall–Kier alpha value is -2.27. The number of rotatable bonds is 8. The molecule has 0 saturated heterocycles. The van der Waals surface area contributed by atoms with Crippen molar-refractivity contribution in [2.45, 2.75) is 30.7 Å². The number of thiazole rings is 1. The number of carbonyl (C=O) groups excluding carboxylic acids is 1. The van der Waals surface area contributed by atoms with E-state index >= 15 is 0 Å². The van der Waals surface area contributed by atoms with E-state index in [1.807, 2.05) is 6.92 Å². The van der Waals surface area contributed by atoms with Crippen molar-refractivity contribution in [1.82, 2.24) is 19.9 Å². The first-order valence-electron chi connectivity index (χ1n) is 8.45. The van der Waals surface area contributed by atoms with E-state index in [1.165, 1.54) is 23.5 Å². The highest BCUT2D eigenvalue weighted by molar-refractivity contribution is 7.89. The topological polar surface area (TPSA) is 102 Å². The molecule has 152 valence electrons.